The lowest BCUT2D eigenvalue weighted by Crippen LogP contribution is -2.30. The summed E-state index contributed by atoms with van der Waals surface area (Å²) in [5, 5.41) is 22.0. The Balaban J connectivity index is 1.99. The summed E-state index contributed by atoms with van der Waals surface area (Å²) in [6, 6.07) is 0.153. The van der Waals surface area contributed by atoms with E-state index in [-0.39, 0.29) is 6.04 Å². The number of ether oxygens (including phenoxy) is 1. The van der Waals surface area contributed by atoms with E-state index in [1.165, 1.54) is 17.2 Å². The van der Waals surface area contributed by atoms with E-state index in [4.69, 9.17) is 9.84 Å². The van der Waals surface area contributed by atoms with Gasteiger partial charge in [0.15, 0.2) is 29.4 Å². The van der Waals surface area contributed by atoms with Crippen LogP contribution in [0.3, 0.4) is 0 Å². The third-order valence-electron chi connectivity index (χ3n) is 3.53. The molecule has 2 aromatic rings. The van der Waals surface area contributed by atoms with Gasteiger partial charge >= 0.3 is 0 Å². The minimum atomic E-state index is -1.67. The molecule has 0 saturated carbocycles. The summed E-state index contributed by atoms with van der Waals surface area (Å²) in [5.74, 6) is 0.548. The van der Waals surface area contributed by atoms with Crippen molar-refractivity contribution in [2.24, 2.45) is 0 Å². The lowest BCUT2D eigenvalue weighted by atomic mass is 10.1. The molecule has 0 aromatic carbocycles. The predicted molar refractivity (Wildman–Crippen MR) is 76.0 cm³/mol. The number of fused-ring (bicyclic) bond motifs is 1. The Kier molecular flexibility index (Phi) is 3.94. The SMILES string of the molecule is CC(C)Nc1ncnc2c1ncn2[C@@H]1O[C@H](CO)C(O)[C@@H]1F. The van der Waals surface area contributed by atoms with Gasteiger partial charge in [-0.15, -0.1) is 0 Å². The third-order valence-corrected chi connectivity index (χ3v) is 3.53. The van der Waals surface area contributed by atoms with Gasteiger partial charge < -0.3 is 20.3 Å². The van der Waals surface area contributed by atoms with E-state index in [0.29, 0.717) is 17.0 Å². The molecule has 4 atom stereocenters. The maximum absolute atomic E-state index is 14.2. The number of halogens is 1. The van der Waals surface area contributed by atoms with Crippen LogP contribution in [-0.4, -0.2) is 60.8 Å². The van der Waals surface area contributed by atoms with Crippen LogP contribution in [-0.2, 0) is 4.74 Å². The van der Waals surface area contributed by atoms with Crippen LogP contribution in [0.1, 0.15) is 20.1 Å². The van der Waals surface area contributed by atoms with Crippen LogP contribution in [0.25, 0.3) is 11.2 Å². The zero-order valence-corrected chi connectivity index (χ0v) is 12.2. The maximum Gasteiger partial charge on any atom is 0.173 e. The third kappa shape index (κ3) is 2.40. The van der Waals surface area contributed by atoms with E-state index in [0.717, 1.165) is 0 Å². The van der Waals surface area contributed by atoms with Crippen molar-refractivity contribution in [1.82, 2.24) is 19.5 Å². The molecule has 0 radical (unpaired) electrons. The molecule has 0 bridgehead atoms. The second-order valence-electron chi connectivity index (χ2n) is 5.53. The van der Waals surface area contributed by atoms with Crippen LogP contribution < -0.4 is 5.32 Å². The average molecular weight is 311 g/mol. The van der Waals surface area contributed by atoms with Gasteiger partial charge in [0.1, 0.15) is 18.5 Å². The van der Waals surface area contributed by atoms with Crippen LogP contribution in [0.2, 0.25) is 0 Å². The first-order valence-electron chi connectivity index (χ1n) is 7.05. The van der Waals surface area contributed by atoms with E-state index in [2.05, 4.69) is 20.3 Å². The van der Waals surface area contributed by atoms with Crippen LogP contribution >= 0.6 is 0 Å². The van der Waals surface area contributed by atoms with Crippen molar-refractivity contribution in [1.29, 1.82) is 0 Å². The van der Waals surface area contributed by atoms with Gasteiger partial charge in [-0.05, 0) is 13.8 Å². The largest absolute Gasteiger partial charge is 0.394 e. The summed E-state index contributed by atoms with van der Waals surface area (Å²) in [7, 11) is 0. The number of aliphatic hydroxyl groups excluding tert-OH is 2. The number of aromatic nitrogens is 4. The molecule has 2 aromatic heterocycles. The number of anilines is 1. The summed E-state index contributed by atoms with van der Waals surface area (Å²) >= 11 is 0. The lowest BCUT2D eigenvalue weighted by Gasteiger charge is -2.15. The molecular weight excluding hydrogens is 293 g/mol. The number of nitrogens with zero attached hydrogens (tertiary/aromatic N) is 4. The molecule has 3 heterocycles. The Morgan fingerprint density at radius 2 is 2.18 bits per heavy atom. The minimum Gasteiger partial charge on any atom is -0.394 e. The van der Waals surface area contributed by atoms with Gasteiger partial charge in [0, 0.05) is 6.04 Å². The van der Waals surface area contributed by atoms with E-state index in [1.807, 2.05) is 13.8 Å². The van der Waals surface area contributed by atoms with Crippen molar-refractivity contribution in [2.75, 3.05) is 11.9 Å². The highest BCUT2D eigenvalue weighted by Gasteiger charge is 2.45. The number of hydrogen-bond donors (Lipinski definition) is 3. The summed E-state index contributed by atoms with van der Waals surface area (Å²) < 4.78 is 21.0. The highest BCUT2D eigenvalue weighted by Crippen LogP contribution is 2.34. The van der Waals surface area contributed by atoms with Crippen molar-refractivity contribution < 1.29 is 19.3 Å². The van der Waals surface area contributed by atoms with Crippen molar-refractivity contribution in [3.8, 4) is 0 Å². The zero-order chi connectivity index (χ0) is 15.9. The van der Waals surface area contributed by atoms with Crippen molar-refractivity contribution in [3.05, 3.63) is 12.7 Å². The van der Waals surface area contributed by atoms with Crippen LogP contribution in [0, 0.1) is 0 Å². The fourth-order valence-electron chi connectivity index (χ4n) is 2.50. The van der Waals surface area contributed by atoms with Gasteiger partial charge in [-0.1, -0.05) is 0 Å². The summed E-state index contributed by atoms with van der Waals surface area (Å²) in [4.78, 5) is 12.5. The van der Waals surface area contributed by atoms with Crippen molar-refractivity contribution >= 4 is 17.0 Å². The second kappa shape index (κ2) is 5.75. The summed E-state index contributed by atoms with van der Waals surface area (Å²) in [6.07, 6.45) is -2.36. The Bertz CT molecular complexity index is 664. The van der Waals surface area contributed by atoms with E-state index >= 15 is 0 Å². The topological polar surface area (TPSA) is 105 Å². The van der Waals surface area contributed by atoms with Gasteiger partial charge in [0.25, 0.3) is 0 Å². The van der Waals surface area contributed by atoms with Crippen LogP contribution in [0.4, 0.5) is 10.2 Å². The molecule has 0 amide bonds. The van der Waals surface area contributed by atoms with Crippen LogP contribution in [0.15, 0.2) is 12.7 Å². The Hall–Kier alpha value is -1.84. The number of aliphatic hydroxyl groups is 2. The highest BCUT2D eigenvalue weighted by molar-refractivity contribution is 5.82. The average Bonchev–Trinajstić information content (AvgIpc) is 3.02. The highest BCUT2D eigenvalue weighted by atomic mass is 19.1. The van der Waals surface area contributed by atoms with E-state index < -0.39 is 31.2 Å². The van der Waals surface area contributed by atoms with E-state index in [9.17, 15) is 9.50 Å². The monoisotopic (exact) mass is 311 g/mol. The molecule has 1 saturated heterocycles. The Labute approximate surface area is 126 Å². The quantitative estimate of drug-likeness (QED) is 0.742. The molecule has 1 aliphatic rings. The Morgan fingerprint density at radius 1 is 1.41 bits per heavy atom. The molecule has 0 aliphatic carbocycles. The first kappa shape index (κ1) is 15.1. The number of nitrogens with one attached hydrogen (secondary N) is 1. The molecule has 1 fully saturated rings. The van der Waals surface area contributed by atoms with Gasteiger partial charge in [0.2, 0.25) is 0 Å². The molecule has 9 heteroatoms. The minimum absolute atomic E-state index is 0.153. The fourth-order valence-corrected chi connectivity index (χ4v) is 2.50. The summed E-state index contributed by atoms with van der Waals surface area (Å²) in [5.41, 5.74) is 0.894. The molecule has 22 heavy (non-hydrogen) atoms. The first-order chi connectivity index (χ1) is 10.5. The molecular formula is C13H18FN5O3. The molecule has 120 valence electrons. The smallest absolute Gasteiger partial charge is 0.173 e. The zero-order valence-electron chi connectivity index (χ0n) is 12.2. The summed E-state index contributed by atoms with van der Waals surface area (Å²) in [6.45, 7) is 3.47. The Morgan fingerprint density at radius 3 is 2.82 bits per heavy atom. The van der Waals surface area contributed by atoms with Crippen molar-refractivity contribution in [3.63, 3.8) is 0 Å². The number of imidazole rings is 1. The van der Waals surface area contributed by atoms with Gasteiger partial charge in [-0.25, -0.2) is 19.3 Å². The molecule has 3 N–H and O–H groups in total. The van der Waals surface area contributed by atoms with Gasteiger partial charge in [-0.3, -0.25) is 4.57 Å². The van der Waals surface area contributed by atoms with Crippen LogP contribution in [0.5, 0.6) is 0 Å². The maximum atomic E-state index is 14.2. The predicted octanol–water partition coefficient (Wildman–Crippen LogP) is 0.235. The van der Waals surface area contributed by atoms with Gasteiger partial charge in [-0.2, -0.15) is 0 Å². The van der Waals surface area contributed by atoms with E-state index in [1.54, 1.807) is 0 Å². The number of alkyl halides is 1. The molecule has 0 spiro atoms. The lowest BCUT2D eigenvalue weighted by molar-refractivity contribution is -0.0459. The second-order valence-corrected chi connectivity index (χ2v) is 5.53. The molecule has 1 aliphatic heterocycles. The molecule has 1 unspecified atom stereocenters. The first-order valence-corrected chi connectivity index (χ1v) is 7.05. The van der Waals surface area contributed by atoms with Gasteiger partial charge in [0.05, 0.1) is 12.9 Å². The molecule has 8 nitrogen and oxygen atoms in total. The standard InChI is InChI=1S/C13H18FN5O3/c1-6(2)18-11-9-12(16-4-15-11)19(5-17-9)13-8(14)10(21)7(3-20)22-13/h4-8,10,13,20-21H,3H2,1-2H3,(H,15,16,18)/t7-,8+,10?,13-/m1/s1. The van der Waals surface area contributed by atoms with Crippen molar-refractivity contribution in [2.45, 2.75) is 44.5 Å². The fraction of sp³-hybridized carbons (Fsp3) is 0.615. The number of rotatable bonds is 4. The number of hydrogen-bond acceptors (Lipinski definition) is 7. The molecule has 3 rings (SSSR count). The normalized spacial score (nSPS) is 28.6.